The Morgan fingerprint density at radius 3 is 1.73 bits per heavy atom. The molecule has 6 nitrogen and oxygen atoms in total. The van der Waals surface area contributed by atoms with Crippen LogP contribution in [0.15, 0.2) is 12.1 Å². The van der Waals surface area contributed by atoms with Crippen molar-refractivity contribution >= 4 is 23.6 Å². The molecule has 0 aliphatic rings. The molecule has 6 heteroatoms. The number of aryl methyl sites for hydroxylation is 1. The number of nitrogen functional groups attached to an aromatic ring is 1. The Morgan fingerprint density at radius 2 is 1.38 bits per heavy atom. The average Bonchev–Trinajstić information content (AvgIpc) is 2.36. The lowest BCUT2D eigenvalue weighted by molar-refractivity contribution is 0.0430. The van der Waals surface area contributed by atoms with Crippen LogP contribution in [0.1, 0.15) is 72.4 Å². The molecule has 0 heterocycles. The first-order chi connectivity index (χ1) is 11.6. The van der Waals surface area contributed by atoms with Gasteiger partial charge >= 0.3 is 12.2 Å². The SMILES string of the molecule is Cc1cc(N)cc(C(C)C)c1N(C(=O)OC(C)(C)C)C(=O)OC(C)(C)C. The number of amides is 2. The van der Waals surface area contributed by atoms with Crippen LogP contribution in [0.4, 0.5) is 21.0 Å². The van der Waals surface area contributed by atoms with Gasteiger partial charge in [-0.15, -0.1) is 0 Å². The Morgan fingerprint density at radius 1 is 0.962 bits per heavy atom. The van der Waals surface area contributed by atoms with Gasteiger partial charge in [-0.05, 0) is 77.6 Å². The molecule has 0 saturated heterocycles. The van der Waals surface area contributed by atoms with Crippen LogP contribution >= 0.6 is 0 Å². The lowest BCUT2D eigenvalue weighted by atomic mass is 9.96. The molecule has 0 aliphatic carbocycles. The number of anilines is 2. The predicted octanol–water partition coefficient (Wildman–Crippen LogP) is 5.38. The Hall–Kier alpha value is -2.24. The molecule has 1 aromatic rings. The minimum Gasteiger partial charge on any atom is -0.443 e. The van der Waals surface area contributed by atoms with Gasteiger partial charge in [-0.1, -0.05) is 13.8 Å². The van der Waals surface area contributed by atoms with Crippen molar-refractivity contribution in [2.45, 2.75) is 79.4 Å². The molecule has 2 N–H and O–H groups in total. The molecular weight excluding hydrogens is 332 g/mol. The monoisotopic (exact) mass is 364 g/mol. The van der Waals surface area contributed by atoms with Crippen molar-refractivity contribution in [3.05, 3.63) is 23.3 Å². The fourth-order valence-corrected chi connectivity index (χ4v) is 2.45. The van der Waals surface area contributed by atoms with E-state index in [1.54, 1.807) is 60.6 Å². The third kappa shape index (κ3) is 5.93. The number of nitrogens with two attached hydrogens (primary N) is 1. The summed E-state index contributed by atoms with van der Waals surface area (Å²) in [6, 6.07) is 3.50. The highest BCUT2D eigenvalue weighted by molar-refractivity contribution is 6.11. The largest absolute Gasteiger partial charge is 0.443 e. The second kappa shape index (κ2) is 7.56. The summed E-state index contributed by atoms with van der Waals surface area (Å²) in [6.45, 7) is 16.2. The van der Waals surface area contributed by atoms with E-state index in [0.717, 1.165) is 10.5 Å². The van der Waals surface area contributed by atoms with E-state index in [0.29, 0.717) is 16.9 Å². The van der Waals surface area contributed by atoms with E-state index in [-0.39, 0.29) is 5.92 Å². The van der Waals surface area contributed by atoms with Crippen LogP contribution in [0, 0.1) is 6.92 Å². The zero-order valence-corrected chi connectivity index (χ0v) is 17.4. The fraction of sp³-hybridized carbons (Fsp3) is 0.600. The Labute approximate surface area is 156 Å². The van der Waals surface area contributed by atoms with E-state index in [4.69, 9.17) is 15.2 Å². The minimum atomic E-state index is -0.776. The number of imide groups is 1. The summed E-state index contributed by atoms with van der Waals surface area (Å²) in [6.07, 6.45) is -1.55. The van der Waals surface area contributed by atoms with Crippen LogP contribution in [0.25, 0.3) is 0 Å². The van der Waals surface area contributed by atoms with Crippen molar-refractivity contribution in [1.82, 2.24) is 0 Å². The van der Waals surface area contributed by atoms with Crippen molar-refractivity contribution in [1.29, 1.82) is 0 Å². The van der Waals surface area contributed by atoms with Crippen LogP contribution in [0.5, 0.6) is 0 Å². The first-order valence-corrected chi connectivity index (χ1v) is 8.78. The van der Waals surface area contributed by atoms with E-state index in [1.807, 2.05) is 13.8 Å². The molecular formula is C20H32N2O4. The quantitative estimate of drug-likeness (QED) is 0.713. The van der Waals surface area contributed by atoms with Crippen molar-refractivity contribution in [3.63, 3.8) is 0 Å². The Kier molecular flexibility index (Phi) is 6.34. The zero-order chi connectivity index (χ0) is 20.4. The molecule has 0 spiro atoms. The highest BCUT2D eigenvalue weighted by Crippen LogP contribution is 2.35. The van der Waals surface area contributed by atoms with Gasteiger partial charge in [0.05, 0.1) is 5.69 Å². The maximum Gasteiger partial charge on any atom is 0.424 e. The molecule has 1 rings (SSSR count). The summed E-state index contributed by atoms with van der Waals surface area (Å²) in [7, 11) is 0. The molecule has 0 radical (unpaired) electrons. The number of carbonyl (C=O) groups is 2. The number of nitrogens with zero attached hydrogens (tertiary/aromatic N) is 1. The van der Waals surface area contributed by atoms with E-state index in [1.165, 1.54) is 0 Å². The van der Waals surface area contributed by atoms with Gasteiger partial charge in [0.15, 0.2) is 0 Å². The molecule has 0 unspecified atom stereocenters. The highest BCUT2D eigenvalue weighted by atomic mass is 16.6. The van der Waals surface area contributed by atoms with Gasteiger partial charge in [-0.3, -0.25) is 0 Å². The maximum atomic E-state index is 12.9. The normalized spacial score (nSPS) is 12.1. The fourth-order valence-electron chi connectivity index (χ4n) is 2.45. The number of benzene rings is 1. The molecule has 1 aromatic carbocycles. The summed E-state index contributed by atoms with van der Waals surface area (Å²) in [5, 5.41) is 0. The molecule has 26 heavy (non-hydrogen) atoms. The van der Waals surface area contributed by atoms with Crippen LogP contribution in [-0.4, -0.2) is 23.4 Å². The molecule has 146 valence electrons. The number of rotatable bonds is 2. The topological polar surface area (TPSA) is 81.9 Å². The number of hydrogen-bond acceptors (Lipinski definition) is 5. The average molecular weight is 364 g/mol. The van der Waals surface area contributed by atoms with Gasteiger partial charge in [0, 0.05) is 5.69 Å². The molecule has 0 atom stereocenters. The van der Waals surface area contributed by atoms with Crippen LogP contribution < -0.4 is 10.6 Å². The Balaban J connectivity index is 3.56. The van der Waals surface area contributed by atoms with Gasteiger partial charge in [0.1, 0.15) is 11.2 Å². The smallest absolute Gasteiger partial charge is 0.424 e. The van der Waals surface area contributed by atoms with Gasteiger partial charge in [0.2, 0.25) is 0 Å². The second-order valence-electron chi connectivity index (χ2n) is 8.73. The van der Waals surface area contributed by atoms with E-state index in [2.05, 4.69) is 0 Å². The Bertz CT molecular complexity index is 654. The minimum absolute atomic E-state index is 0.0413. The summed E-state index contributed by atoms with van der Waals surface area (Å²) >= 11 is 0. The first-order valence-electron chi connectivity index (χ1n) is 8.78. The summed E-state index contributed by atoms with van der Waals surface area (Å²) < 4.78 is 10.9. The molecule has 0 aromatic heterocycles. The summed E-state index contributed by atoms with van der Waals surface area (Å²) in [4.78, 5) is 26.7. The van der Waals surface area contributed by atoms with Crippen LogP contribution in [0.3, 0.4) is 0 Å². The summed E-state index contributed by atoms with van der Waals surface area (Å²) in [5.41, 5.74) is 6.97. The number of hydrogen-bond donors (Lipinski definition) is 1. The van der Waals surface area contributed by atoms with Crippen molar-refractivity contribution < 1.29 is 19.1 Å². The highest BCUT2D eigenvalue weighted by Gasteiger charge is 2.35. The summed E-state index contributed by atoms with van der Waals surface area (Å²) in [5.74, 6) is 0.0413. The van der Waals surface area contributed by atoms with Gasteiger partial charge < -0.3 is 15.2 Å². The second-order valence-corrected chi connectivity index (χ2v) is 8.73. The van der Waals surface area contributed by atoms with Gasteiger partial charge in [0.25, 0.3) is 0 Å². The lowest BCUT2D eigenvalue weighted by Gasteiger charge is -2.31. The third-order valence-corrected chi connectivity index (χ3v) is 3.35. The molecule has 0 saturated carbocycles. The van der Waals surface area contributed by atoms with Gasteiger partial charge in [-0.2, -0.15) is 4.90 Å². The van der Waals surface area contributed by atoms with Crippen LogP contribution in [0.2, 0.25) is 0 Å². The maximum absolute atomic E-state index is 12.9. The zero-order valence-electron chi connectivity index (χ0n) is 17.4. The van der Waals surface area contributed by atoms with E-state index < -0.39 is 23.4 Å². The molecule has 0 fully saturated rings. The van der Waals surface area contributed by atoms with E-state index >= 15 is 0 Å². The van der Waals surface area contributed by atoms with Crippen molar-refractivity contribution in [3.8, 4) is 0 Å². The lowest BCUT2D eigenvalue weighted by Crippen LogP contribution is -2.44. The molecule has 0 aliphatic heterocycles. The van der Waals surface area contributed by atoms with E-state index in [9.17, 15) is 9.59 Å². The standard InChI is InChI=1S/C20H32N2O4/c1-12(2)15-11-14(21)10-13(3)16(15)22(17(23)25-19(4,5)6)18(24)26-20(7,8)9/h10-12H,21H2,1-9H3. The third-order valence-electron chi connectivity index (χ3n) is 3.35. The number of ether oxygens (including phenoxy) is 2. The van der Waals surface area contributed by atoms with Gasteiger partial charge in [-0.25, -0.2) is 9.59 Å². The van der Waals surface area contributed by atoms with Crippen molar-refractivity contribution in [2.75, 3.05) is 10.6 Å². The molecule has 2 amide bonds. The predicted molar refractivity (Wildman–Crippen MR) is 105 cm³/mol. The van der Waals surface area contributed by atoms with Crippen molar-refractivity contribution in [2.24, 2.45) is 0 Å². The molecule has 0 bridgehead atoms. The number of carbonyl (C=O) groups excluding carboxylic acids is 2. The van der Waals surface area contributed by atoms with Crippen LogP contribution in [-0.2, 0) is 9.47 Å². The first kappa shape index (κ1) is 21.8.